The number of carbonyl (C=O) groups excluding carboxylic acids is 1. The minimum atomic E-state index is -0.00362. The highest BCUT2D eigenvalue weighted by Crippen LogP contribution is 2.53. The number of rotatable bonds is 2. The number of amides is 2. The number of urea groups is 1. The van der Waals surface area contributed by atoms with Gasteiger partial charge in [-0.25, -0.2) is 9.78 Å². The first-order chi connectivity index (χ1) is 12.0. The van der Waals surface area contributed by atoms with Gasteiger partial charge in [0.25, 0.3) is 0 Å². The lowest BCUT2D eigenvalue weighted by atomic mass is 9.98. The largest absolute Gasteiger partial charge is 0.444 e. The van der Waals surface area contributed by atoms with E-state index >= 15 is 0 Å². The van der Waals surface area contributed by atoms with E-state index in [0.717, 1.165) is 48.4 Å². The smallest absolute Gasteiger partial charge is 0.321 e. The van der Waals surface area contributed by atoms with E-state index in [2.05, 4.69) is 10.3 Å². The lowest BCUT2D eigenvalue weighted by Crippen LogP contribution is -2.35. The molecule has 2 fully saturated rings. The van der Waals surface area contributed by atoms with Gasteiger partial charge in [-0.05, 0) is 69.1 Å². The molecule has 1 aliphatic carbocycles. The monoisotopic (exact) mass is 339 g/mol. The van der Waals surface area contributed by atoms with Gasteiger partial charge in [-0.1, -0.05) is 6.07 Å². The van der Waals surface area contributed by atoms with Crippen molar-refractivity contribution in [3.05, 3.63) is 35.7 Å². The van der Waals surface area contributed by atoms with Crippen LogP contribution in [0.4, 0.5) is 10.5 Å². The number of hydrogen-bond acceptors (Lipinski definition) is 3. The van der Waals surface area contributed by atoms with Gasteiger partial charge in [-0.2, -0.15) is 0 Å². The van der Waals surface area contributed by atoms with E-state index in [9.17, 15) is 4.79 Å². The van der Waals surface area contributed by atoms with E-state index in [1.165, 1.54) is 19.3 Å². The number of nitrogens with one attached hydrogen (secondary N) is 1. The second-order valence-electron chi connectivity index (χ2n) is 7.59. The molecule has 2 amide bonds. The van der Waals surface area contributed by atoms with Gasteiger partial charge in [0.05, 0.1) is 5.69 Å². The summed E-state index contributed by atoms with van der Waals surface area (Å²) in [6.07, 6.45) is 7.87. The summed E-state index contributed by atoms with van der Waals surface area (Å²) in [7, 11) is 0. The van der Waals surface area contributed by atoms with E-state index in [0.29, 0.717) is 11.3 Å². The van der Waals surface area contributed by atoms with Crippen LogP contribution < -0.4 is 5.32 Å². The van der Waals surface area contributed by atoms with Crippen LogP contribution in [0.5, 0.6) is 0 Å². The Morgan fingerprint density at radius 2 is 2.04 bits per heavy atom. The van der Waals surface area contributed by atoms with Gasteiger partial charge in [-0.3, -0.25) is 0 Å². The average molecular weight is 339 g/mol. The summed E-state index contributed by atoms with van der Waals surface area (Å²) in [5, 5.41) is 3.05. The fraction of sp³-hybridized carbons (Fsp3) is 0.500. The molecule has 4 rings (SSSR count). The van der Waals surface area contributed by atoms with Gasteiger partial charge in [0.2, 0.25) is 5.89 Å². The molecule has 1 N–H and O–H groups in total. The maximum atomic E-state index is 12.7. The van der Waals surface area contributed by atoms with Crippen molar-refractivity contribution < 1.29 is 9.21 Å². The van der Waals surface area contributed by atoms with Crippen LogP contribution >= 0.6 is 0 Å². The first kappa shape index (κ1) is 16.2. The Labute approximate surface area is 148 Å². The second-order valence-corrected chi connectivity index (χ2v) is 7.59. The summed E-state index contributed by atoms with van der Waals surface area (Å²) in [4.78, 5) is 19.0. The van der Waals surface area contributed by atoms with E-state index < -0.39 is 0 Å². The Morgan fingerprint density at radius 3 is 2.76 bits per heavy atom. The first-order valence-corrected chi connectivity index (χ1v) is 9.14. The number of carbonyl (C=O) groups is 1. The van der Waals surface area contributed by atoms with Crippen LogP contribution in [0.15, 0.2) is 28.9 Å². The van der Waals surface area contributed by atoms with Gasteiger partial charge < -0.3 is 14.6 Å². The lowest BCUT2D eigenvalue weighted by molar-refractivity contribution is 0.213. The number of likely N-dealkylation sites (tertiary alicyclic amines) is 1. The maximum absolute atomic E-state index is 12.7. The molecule has 0 radical (unpaired) electrons. The Kier molecular flexibility index (Phi) is 4.02. The molecule has 1 aliphatic heterocycles. The van der Waals surface area contributed by atoms with E-state index in [1.54, 1.807) is 6.26 Å². The molecule has 1 saturated heterocycles. The molecule has 2 aliphatic rings. The van der Waals surface area contributed by atoms with Crippen molar-refractivity contribution in [3.8, 4) is 11.5 Å². The number of aromatic nitrogens is 1. The molecule has 0 bridgehead atoms. The van der Waals surface area contributed by atoms with Gasteiger partial charge in [0.1, 0.15) is 6.26 Å². The molecule has 5 heteroatoms. The number of aryl methyl sites for hydroxylation is 2. The Bertz CT molecular complexity index is 792. The normalized spacial score (nSPS) is 18.9. The molecule has 1 spiro atoms. The van der Waals surface area contributed by atoms with Crippen molar-refractivity contribution in [1.82, 2.24) is 9.88 Å². The van der Waals surface area contributed by atoms with Crippen LogP contribution in [-0.2, 0) is 0 Å². The zero-order valence-corrected chi connectivity index (χ0v) is 15.0. The molecule has 1 saturated carbocycles. The molecular weight excluding hydrogens is 314 g/mol. The predicted molar refractivity (Wildman–Crippen MR) is 97.5 cm³/mol. The van der Waals surface area contributed by atoms with Crippen LogP contribution in [0, 0.1) is 19.3 Å². The van der Waals surface area contributed by atoms with Crippen LogP contribution in [0.1, 0.15) is 43.4 Å². The minimum Gasteiger partial charge on any atom is -0.444 e. The molecule has 5 nitrogen and oxygen atoms in total. The summed E-state index contributed by atoms with van der Waals surface area (Å²) in [6, 6.07) is 5.87. The molecular formula is C20H25N3O2. The first-order valence-electron chi connectivity index (χ1n) is 9.14. The molecule has 2 aromatic rings. The van der Waals surface area contributed by atoms with Crippen LogP contribution in [0.2, 0.25) is 0 Å². The lowest BCUT2D eigenvalue weighted by Gasteiger charge is -2.21. The second kappa shape index (κ2) is 6.21. The summed E-state index contributed by atoms with van der Waals surface area (Å²) >= 11 is 0. The van der Waals surface area contributed by atoms with Crippen LogP contribution in [0.25, 0.3) is 11.5 Å². The van der Waals surface area contributed by atoms with Crippen molar-refractivity contribution in [2.75, 3.05) is 18.4 Å². The van der Waals surface area contributed by atoms with Gasteiger partial charge in [0, 0.05) is 24.3 Å². The zero-order valence-electron chi connectivity index (χ0n) is 15.0. The minimum absolute atomic E-state index is 0.00362. The molecule has 0 unspecified atom stereocenters. The van der Waals surface area contributed by atoms with E-state index in [4.69, 9.17) is 4.42 Å². The van der Waals surface area contributed by atoms with Gasteiger partial charge >= 0.3 is 6.03 Å². The third-order valence-corrected chi connectivity index (χ3v) is 5.63. The van der Waals surface area contributed by atoms with Crippen LogP contribution in [0.3, 0.4) is 0 Å². The molecule has 132 valence electrons. The fourth-order valence-electron chi connectivity index (χ4n) is 3.74. The third kappa shape index (κ3) is 3.41. The maximum Gasteiger partial charge on any atom is 0.321 e. The molecule has 1 aromatic heterocycles. The highest BCUT2D eigenvalue weighted by molar-refractivity contribution is 5.90. The van der Waals surface area contributed by atoms with Crippen molar-refractivity contribution in [2.24, 2.45) is 5.41 Å². The Morgan fingerprint density at radius 1 is 1.20 bits per heavy atom. The van der Waals surface area contributed by atoms with Crippen molar-refractivity contribution in [1.29, 1.82) is 0 Å². The Hall–Kier alpha value is -2.30. The summed E-state index contributed by atoms with van der Waals surface area (Å²) in [5.41, 5.74) is 4.19. The number of oxazole rings is 1. The van der Waals surface area contributed by atoms with Gasteiger partial charge in [-0.15, -0.1) is 0 Å². The topological polar surface area (TPSA) is 58.4 Å². The predicted octanol–water partition coefficient (Wildman–Crippen LogP) is 4.76. The fourth-order valence-corrected chi connectivity index (χ4v) is 3.74. The highest BCUT2D eigenvalue weighted by atomic mass is 16.3. The van der Waals surface area contributed by atoms with E-state index in [-0.39, 0.29) is 6.03 Å². The number of hydrogen-bond donors (Lipinski definition) is 1. The van der Waals surface area contributed by atoms with E-state index in [1.807, 2.05) is 36.9 Å². The molecule has 25 heavy (non-hydrogen) atoms. The van der Waals surface area contributed by atoms with Gasteiger partial charge in [0.15, 0.2) is 0 Å². The third-order valence-electron chi connectivity index (χ3n) is 5.63. The molecule has 0 atom stereocenters. The average Bonchev–Trinajstić information content (AvgIpc) is 3.30. The van der Waals surface area contributed by atoms with Crippen molar-refractivity contribution in [2.45, 2.75) is 46.0 Å². The highest BCUT2D eigenvalue weighted by Gasteiger charge is 2.43. The molecule has 1 aromatic carbocycles. The molecule has 2 heterocycles. The number of nitrogens with zero attached hydrogens (tertiary/aromatic N) is 2. The van der Waals surface area contributed by atoms with Crippen LogP contribution in [-0.4, -0.2) is 29.0 Å². The van der Waals surface area contributed by atoms with Crippen molar-refractivity contribution >= 4 is 11.7 Å². The number of anilines is 1. The standard InChI is InChI=1S/C20H25N3O2/c1-14-4-5-16(12-17(14)18-21-15(2)13-25-18)22-19(24)23-10-3-6-20(7-8-20)9-11-23/h4-5,12-13H,3,6-11H2,1-2H3,(H,22,24). The summed E-state index contributed by atoms with van der Waals surface area (Å²) in [5.74, 6) is 0.594. The summed E-state index contributed by atoms with van der Waals surface area (Å²) < 4.78 is 5.52. The van der Waals surface area contributed by atoms with Crippen molar-refractivity contribution in [3.63, 3.8) is 0 Å². The zero-order chi connectivity index (χ0) is 17.4. The number of benzene rings is 1. The quantitative estimate of drug-likeness (QED) is 0.858. The summed E-state index contributed by atoms with van der Waals surface area (Å²) in [6.45, 7) is 5.64. The Balaban J connectivity index is 1.47. The SMILES string of the molecule is Cc1coc(-c2cc(NC(=O)N3CCCC4(CC3)CC4)ccc2C)n1.